The van der Waals surface area contributed by atoms with E-state index in [0.717, 1.165) is 5.69 Å². The minimum absolute atomic E-state index is 0.318. The Kier molecular flexibility index (Phi) is 9.11. The average molecular weight is 808 g/mol. The van der Waals surface area contributed by atoms with Crippen LogP contribution >= 0.6 is 0 Å². The standard InChI is InChI=1S/C62H49N/c1-62(46-23-6-3-7-24-46)56-32-12-10-27-55(56)61-57(62)33-17-35-59(61)63(47-39-36-44(37-40-47)49-28-16-30-51-48-25-9-8-20-43(48)38-41-52(49)51)58-34-13-11-26-53(58)54-31-15-22-45-21-14-29-50(60(45)54)42-18-4-2-5-19-42/h3,6-17,20-42H,2,4-5,18-19H2,1H3. The van der Waals surface area contributed by atoms with E-state index in [1.807, 2.05) is 0 Å². The molecule has 0 heterocycles. The molecule has 1 atom stereocenters. The van der Waals surface area contributed by atoms with Gasteiger partial charge in [-0.1, -0.05) is 207 Å². The molecule has 0 spiro atoms. The van der Waals surface area contributed by atoms with Gasteiger partial charge in [0, 0.05) is 22.2 Å². The fourth-order valence-corrected chi connectivity index (χ4v) is 11.5. The highest BCUT2D eigenvalue weighted by Crippen LogP contribution is 2.57. The van der Waals surface area contributed by atoms with Gasteiger partial charge in [-0.15, -0.1) is 0 Å². The van der Waals surface area contributed by atoms with E-state index in [4.69, 9.17) is 0 Å². The number of hydrogen-bond acceptors (Lipinski definition) is 1. The molecule has 1 nitrogen and oxygen atoms in total. The van der Waals surface area contributed by atoms with Crippen LogP contribution in [-0.4, -0.2) is 0 Å². The Hall–Kier alpha value is -7.22. The Morgan fingerprint density at radius 3 is 1.89 bits per heavy atom. The molecular weight excluding hydrogens is 759 g/mol. The van der Waals surface area contributed by atoms with Crippen molar-refractivity contribution < 1.29 is 0 Å². The predicted molar refractivity (Wildman–Crippen MR) is 268 cm³/mol. The van der Waals surface area contributed by atoms with E-state index in [2.05, 4.69) is 224 Å². The van der Waals surface area contributed by atoms with Gasteiger partial charge in [0.15, 0.2) is 0 Å². The van der Waals surface area contributed by atoms with Crippen molar-refractivity contribution in [3.8, 4) is 33.4 Å². The molecule has 1 fully saturated rings. The van der Waals surface area contributed by atoms with Crippen LogP contribution in [0.15, 0.2) is 212 Å². The van der Waals surface area contributed by atoms with Crippen LogP contribution in [0.3, 0.4) is 0 Å². The van der Waals surface area contributed by atoms with Gasteiger partial charge in [-0.2, -0.15) is 0 Å². The summed E-state index contributed by atoms with van der Waals surface area (Å²) >= 11 is 0. The fourth-order valence-electron chi connectivity index (χ4n) is 11.5. The van der Waals surface area contributed by atoms with Gasteiger partial charge in [-0.05, 0) is 127 Å². The van der Waals surface area contributed by atoms with E-state index < -0.39 is 0 Å². The minimum Gasteiger partial charge on any atom is -0.309 e. The predicted octanol–water partition coefficient (Wildman–Crippen LogP) is 17.3. The van der Waals surface area contributed by atoms with E-state index in [1.54, 1.807) is 0 Å². The maximum Gasteiger partial charge on any atom is 0.0543 e. The zero-order valence-corrected chi connectivity index (χ0v) is 35.8. The highest BCUT2D eigenvalue weighted by molar-refractivity contribution is 6.12. The monoisotopic (exact) mass is 807 g/mol. The van der Waals surface area contributed by atoms with E-state index in [0.29, 0.717) is 5.92 Å². The molecule has 10 aromatic carbocycles. The number of anilines is 3. The van der Waals surface area contributed by atoms with Crippen LogP contribution in [0.4, 0.5) is 17.1 Å². The lowest BCUT2D eigenvalue weighted by molar-refractivity contribution is 0.445. The topological polar surface area (TPSA) is 3.24 Å². The molecule has 12 rings (SSSR count). The van der Waals surface area contributed by atoms with Gasteiger partial charge in [-0.25, -0.2) is 0 Å². The smallest absolute Gasteiger partial charge is 0.0543 e. The first-order chi connectivity index (χ1) is 31.2. The van der Waals surface area contributed by atoms with E-state index in [-0.39, 0.29) is 5.41 Å². The number of benzene rings is 10. The molecule has 0 aromatic heterocycles. The van der Waals surface area contributed by atoms with Gasteiger partial charge >= 0.3 is 0 Å². The van der Waals surface area contributed by atoms with E-state index in [9.17, 15) is 0 Å². The Morgan fingerprint density at radius 2 is 1.03 bits per heavy atom. The van der Waals surface area contributed by atoms with Crippen molar-refractivity contribution in [2.75, 3.05) is 4.90 Å². The molecule has 1 unspecified atom stereocenters. The lowest BCUT2D eigenvalue weighted by Gasteiger charge is -2.32. The van der Waals surface area contributed by atoms with Crippen LogP contribution in [0, 0.1) is 0 Å². The zero-order valence-electron chi connectivity index (χ0n) is 35.8. The zero-order chi connectivity index (χ0) is 41.9. The summed E-state index contributed by atoms with van der Waals surface area (Å²) in [6, 6.07) is 79.6. The summed E-state index contributed by atoms with van der Waals surface area (Å²) in [5.74, 6) is 0.580. The molecular formula is C62H49N. The minimum atomic E-state index is -0.318. The summed E-state index contributed by atoms with van der Waals surface area (Å²) in [7, 11) is 0. The third-order valence-corrected chi connectivity index (χ3v) is 14.5. The molecule has 302 valence electrons. The Morgan fingerprint density at radius 1 is 0.413 bits per heavy atom. The molecule has 10 aromatic rings. The summed E-state index contributed by atoms with van der Waals surface area (Å²) in [4.78, 5) is 2.56. The molecule has 0 aliphatic heterocycles. The number of fused-ring (bicyclic) bond motifs is 7. The van der Waals surface area contributed by atoms with E-state index in [1.165, 1.54) is 131 Å². The summed E-state index contributed by atoms with van der Waals surface area (Å²) in [6.45, 7) is 2.42. The first-order valence-corrected chi connectivity index (χ1v) is 22.9. The second-order valence-electron chi connectivity index (χ2n) is 17.9. The molecule has 1 saturated carbocycles. The molecule has 0 N–H and O–H groups in total. The molecule has 1 heteroatoms. The summed E-state index contributed by atoms with van der Waals surface area (Å²) < 4.78 is 0. The number of nitrogens with zero attached hydrogens (tertiary/aromatic N) is 1. The second-order valence-corrected chi connectivity index (χ2v) is 17.9. The highest BCUT2D eigenvalue weighted by atomic mass is 15.1. The lowest BCUT2D eigenvalue weighted by atomic mass is 9.74. The van der Waals surface area contributed by atoms with Crippen molar-refractivity contribution in [1.29, 1.82) is 0 Å². The van der Waals surface area contributed by atoms with E-state index >= 15 is 0 Å². The van der Waals surface area contributed by atoms with Gasteiger partial charge in [-0.3, -0.25) is 0 Å². The maximum absolute atomic E-state index is 2.56. The van der Waals surface area contributed by atoms with Crippen LogP contribution in [0.1, 0.15) is 67.2 Å². The second kappa shape index (κ2) is 15.3. The Balaban J connectivity index is 1.09. The number of para-hydroxylation sites is 1. The first-order valence-electron chi connectivity index (χ1n) is 22.9. The molecule has 0 amide bonds. The summed E-state index contributed by atoms with van der Waals surface area (Å²) in [5.41, 5.74) is 16.2. The number of rotatable bonds is 7. The Labute approximate surface area is 370 Å². The summed E-state index contributed by atoms with van der Waals surface area (Å²) in [6.07, 6.45) is 6.48. The lowest BCUT2D eigenvalue weighted by Crippen LogP contribution is -2.22. The molecule has 0 bridgehead atoms. The molecule has 2 aliphatic carbocycles. The van der Waals surface area contributed by atoms with Crippen molar-refractivity contribution >= 4 is 49.4 Å². The number of hydrogen-bond donors (Lipinski definition) is 0. The van der Waals surface area contributed by atoms with Crippen LogP contribution in [0.25, 0.3) is 65.7 Å². The van der Waals surface area contributed by atoms with Gasteiger partial charge < -0.3 is 4.90 Å². The van der Waals surface area contributed by atoms with Crippen LogP contribution < -0.4 is 4.90 Å². The molecule has 0 radical (unpaired) electrons. The average Bonchev–Trinajstić information content (AvgIpc) is 3.63. The van der Waals surface area contributed by atoms with Crippen molar-refractivity contribution in [1.82, 2.24) is 0 Å². The fraction of sp³-hybridized carbons (Fsp3) is 0.129. The Bertz CT molecular complexity index is 3330. The van der Waals surface area contributed by atoms with Crippen molar-refractivity contribution in [3.05, 3.63) is 235 Å². The van der Waals surface area contributed by atoms with Crippen molar-refractivity contribution in [2.24, 2.45) is 0 Å². The normalized spacial score (nSPS) is 16.0. The van der Waals surface area contributed by atoms with Crippen LogP contribution in [0.5, 0.6) is 0 Å². The largest absolute Gasteiger partial charge is 0.309 e. The van der Waals surface area contributed by atoms with Gasteiger partial charge in [0.05, 0.1) is 11.4 Å². The van der Waals surface area contributed by atoms with Crippen LogP contribution in [-0.2, 0) is 5.41 Å². The third-order valence-electron chi connectivity index (χ3n) is 14.5. The quantitative estimate of drug-likeness (QED) is 0.145. The SMILES string of the molecule is CC1(c2ccccc2)c2ccccc2-c2c(N(c3ccc(-c4cccc5c4ccc4ccccc45)cc3)c3ccccc3-c3cccc4cccc(C5CCCCC5)c34)cccc21. The molecule has 2 aliphatic rings. The summed E-state index contributed by atoms with van der Waals surface area (Å²) in [5, 5.41) is 7.83. The highest BCUT2D eigenvalue weighted by Gasteiger charge is 2.42. The first kappa shape index (κ1) is 37.5. The van der Waals surface area contributed by atoms with Crippen molar-refractivity contribution in [3.63, 3.8) is 0 Å². The maximum atomic E-state index is 2.56. The third kappa shape index (κ3) is 6.05. The van der Waals surface area contributed by atoms with Crippen LogP contribution in [0.2, 0.25) is 0 Å². The van der Waals surface area contributed by atoms with Crippen molar-refractivity contribution in [2.45, 2.75) is 50.4 Å². The van der Waals surface area contributed by atoms with Gasteiger partial charge in [0.25, 0.3) is 0 Å². The molecule has 0 saturated heterocycles. The van der Waals surface area contributed by atoms with Gasteiger partial charge in [0.1, 0.15) is 0 Å². The molecule has 63 heavy (non-hydrogen) atoms. The van der Waals surface area contributed by atoms with Gasteiger partial charge in [0.2, 0.25) is 0 Å².